The summed E-state index contributed by atoms with van der Waals surface area (Å²) in [7, 11) is 0. The van der Waals surface area contributed by atoms with Gasteiger partial charge in [0.1, 0.15) is 0 Å². The topological polar surface area (TPSA) is 55.8 Å². The summed E-state index contributed by atoms with van der Waals surface area (Å²) in [4.78, 5) is 28.7. The minimum atomic E-state index is -0.445. The highest BCUT2D eigenvalue weighted by Crippen LogP contribution is 2.33. The number of anilines is 2. The average molecular weight is 640 g/mol. The van der Waals surface area contributed by atoms with E-state index in [1.165, 1.54) is 0 Å². The molecule has 1 aliphatic rings. The smallest absolute Gasteiger partial charge is 0.338 e. The third-order valence-electron chi connectivity index (χ3n) is 7.87. The molecule has 5 nitrogen and oxygen atoms in total. The van der Waals surface area contributed by atoms with Crippen LogP contribution in [0.25, 0.3) is 11.1 Å². The molecule has 3 aromatic rings. The lowest BCUT2D eigenvalue weighted by atomic mass is 9.90. The number of hydrogen-bond donors (Lipinski definition) is 0. The van der Waals surface area contributed by atoms with Gasteiger partial charge in [-0.3, -0.25) is 4.79 Å². The van der Waals surface area contributed by atoms with Crippen molar-refractivity contribution >= 4 is 23.3 Å². The molecule has 4 rings (SSSR count). The SMILES string of the molecule is C=C\C=C/C(=C/N(c1ccccc1)c1ccc(-c2ccccc2)cc1)C(/CC)=C(/C=C(\CC(=O)OCC)C1=CC=CCC1)C(=O)OCC. The number of hydrogen-bond acceptors (Lipinski definition) is 5. The van der Waals surface area contributed by atoms with Crippen molar-refractivity contribution in [2.45, 2.75) is 46.5 Å². The molecule has 3 aromatic carbocycles. The Balaban J connectivity index is 1.94. The number of carbonyl (C=O) groups is 2. The van der Waals surface area contributed by atoms with Crippen molar-refractivity contribution in [2.75, 3.05) is 18.1 Å². The molecule has 0 unspecified atom stereocenters. The van der Waals surface area contributed by atoms with Gasteiger partial charge in [-0.15, -0.1) is 0 Å². The van der Waals surface area contributed by atoms with Gasteiger partial charge in [0.2, 0.25) is 0 Å². The second-order valence-corrected chi connectivity index (χ2v) is 11.1. The Morgan fingerprint density at radius 3 is 2.08 bits per heavy atom. The standard InChI is InChI=1S/C43H45NO4/c1-5-9-19-36(32-44(38-24-17-12-18-25-38)39-28-26-35(27-29-39)33-20-13-10-14-21-33)40(6-2)41(43(46)48-8-4)30-37(31-42(45)47-7-3)34-22-15-11-16-23-34/h5,9-15,17-22,24-30,32H,1,6-8,16,23,31H2,2-4H3/b19-9-,36-32-,37-30+,41-40-. The Morgan fingerprint density at radius 1 is 0.833 bits per heavy atom. The van der Waals surface area contributed by atoms with Gasteiger partial charge in [0.15, 0.2) is 0 Å². The Morgan fingerprint density at radius 2 is 1.48 bits per heavy atom. The molecule has 0 aliphatic heterocycles. The Labute approximate surface area is 285 Å². The number of esters is 2. The lowest BCUT2D eigenvalue weighted by molar-refractivity contribution is -0.142. The van der Waals surface area contributed by atoms with Gasteiger partial charge >= 0.3 is 11.9 Å². The fourth-order valence-corrected chi connectivity index (χ4v) is 5.56. The molecular weight excluding hydrogens is 594 g/mol. The molecule has 0 fully saturated rings. The highest BCUT2D eigenvalue weighted by atomic mass is 16.5. The first-order chi connectivity index (χ1) is 23.5. The second kappa shape index (κ2) is 18.7. The van der Waals surface area contributed by atoms with Gasteiger partial charge in [0.25, 0.3) is 0 Å². The number of carbonyl (C=O) groups excluding carboxylic acids is 2. The summed E-state index contributed by atoms with van der Waals surface area (Å²) in [6.45, 7) is 10.0. The Kier molecular flexibility index (Phi) is 13.8. The van der Waals surface area contributed by atoms with Gasteiger partial charge in [0, 0.05) is 17.6 Å². The quantitative estimate of drug-likeness (QED) is 0.0941. The van der Waals surface area contributed by atoms with E-state index < -0.39 is 5.97 Å². The fourth-order valence-electron chi connectivity index (χ4n) is 5.56. The lowest BCUT2D eigenvalue weighted by Crippen LogP contribution is -2.14. The van der Waals surface area contributed by atoms with E-state index >= 15 is 0 Å². The molecule has 0 bridgehead atoms. The van der Waals surface area contributed by atoms with E-state index in [1.54, 1.807) is 19.9 Å². The molecule has 0 N–H and O–H groups in total. The summed E-state index contributed by atoms with van der Waals surface area (Å²) in [5.41, 5.74) is 7.91. The molecule has 246 valence electrons. The van der Waals surface area contributed by atoms with Gasteiger partial charge < -0.3 is 14.4 Å². The molecule has 48 heavy (non-hydrogen) atoms. The van der Waals surface area contributed by atoms with Crippen molar-refractivity contribution in [1.29, 1.82) is 0 Å². The molecule has 0 saturated carbocycles. The molecule has 0 atom stereocenters. The minimum absolute atomic E-state index is 0.0544. The minimum Gasteiger partial charge on any atom is -0.466 e. The van der Waals surface area contributed by atoms with Crippen molar-refractivity contribution in [3.8, 4) is 11.1 Å². The van der Waals surface area contributed by atoms with Crippen LogP contribution in [0.2, 0.25) is 0 Å². The monoisotopic (exact) mass is 639 g/mol. The lowest BCUT2D eigenvalue weighted by Gasteiger charge is -2.24. The molecule has 5 heteroatoms. The third kappa shape index (κ3) is 9.79. The molecule has 0 saturated heterocycles. The van der Waals surface area contributed by atoms with Crippen LogP contribution in [-0.4, -0.2) is 25.2 Å². The molecular formula is C43H45NO4. The number of para-hydroxylation sites is 1. The first-order valence-electron chi connectivity index (χ1n) is 16.6. The number of nitrogens with zero attached hydrogens (tertiary/aromatic N) is 1. The first kappa shape index (κ1) is 35.4. The summed E-state index contributed by atoms with van der Waals surface area (Å²) in [6.07, 6.45) is 17.7. The van der Waals surface area contributed by atoms with Crippen LogP contribution in [0.15, 0.2) is 168 Å². The van der Waals surface area contributed by atoms with E-state index in [-0.39, 0.29) is 25.6 Å². The van der Waals surface area contributed by atoms with Gasteiger partial charge in [0.05, 0.1) is 25.2 Å². The molecule has 0 amide bonds. The van der Waals surface area contributed by atoms with Gasteiger partial charge in [-0.1, -0.05) is 111 Å². The second-order valence-electron chi connectivity index (χ2n) is 11.1. The fraction of sp³-hybridized carbons (Fsp3) is 0.209. The van der Waals surface area contributed by atoms with Crippen LogP contribution in [0.4, 0.5) is 11.4 Å². The maximum atomic E-state index is 13.8. The third-order valence-corrected chi connectivity index (χ3v) is 7.87. The average Bonchev–Trinajstić information content (AvgIpc) is 3.13. The van der Waals surface area contributed by atoms with Gasteiger partial charge in [-0.2, -0.15) is 0 Å². The maximum Gasteiger partial charge on any atom is 0.338 e. The summed E-state index contributed by atoms with van der Waals surface area (Å²) in [6, 6.07) is 28.8. The van der Waals surface area contributed by atoms with Crippen LogP contribution in [0.3, 0.4) is 0 Å². The predicted molar refractivity (Wildman–Crippen MR) is 198 cm³/mol. The predicted octanol–water partition coefficient (Wildman–Crippen LogP) is 10.5. The van der Waals surface area contributed by atoms with E-state index in [0.29, 0.717) is 12.0 Å². The van der Waals surface area contributed by atoms with Crippen molar-refractivity contribution in [3.05, 3.63) is 168 Å². The Hall–Kier alpha value is -5.42. The number of benzene rings is 3. The van der Waals surface area contributed by atoms with Crippen LogP contribution in [0.5, 0.6) is 0 Å². The van der Waals surface area contributed by atoms with Crippen LogP contribution >= 0.6 is 0 Å². The van der Waals surface area contributed by atoms with E-state index in [1.807, 2.05) is 79.9 Å². The van der Waals surface area contributed by atoms with Crippen LogP contribution in [0, 0.1) is 0 Å². The summed E-state index contributed by atoms with van der Waals surface area (Å²) < 4.78 is 11.0. The molecule has 1 aliphatic carbocycles. The zero-order valence-electron chi connectivity index (χ0n) is 28.2. The summed E-state index contributed by atoms with van der Waals surface area (Å²) in [5.74, 6) is -0.781. The number of rotatable bonds is 15. The number of ether oxygens (including phenoxy) is 2. The van der Waals surface area contributed by atoms with E-state index in [4.69, 9.17) is 9.47 Å². The van der Waals surface area contributed by atoms with Gasteiger partial charge in [-0.25, -0.2) is 4.79 Å². The molecule has 0 radical (unpaired) electrons. The van der Waals surface area contributed by atoms with E-state index in [2.05, 4.69) is 66.1 Å². The van der Waals surface area contributed by atoms with Crippen molar-refractivity contribution < 1.29 is 19.1 Å². The maximum absolute atomic E-state index is 13.8. The molecule has 0 spiro atoms. The summed E-state index contributed by atoms with van der Waals surface area (Å²) in [5, 5.41) is 0. The zero-order chi connectivity index (χ0) is 34.1. The highest BCUT2D eigenvalue weighted by Gasteiger charge is 2.21. The van der Waals surface area contributed by atoms with E-state index in [9.17, 15) is 9.59 Å². The van der Waals surface area contributed by atoms with Crippen LogP contribution in [-0.2, 0) is 19.1 Å². The highest BCUT2D eigenvalue weighted by molar-refractivity contribution is 5.94. The largest absolute Gasteiger partial charge is 0.466 e. The molecule has 0 heterocycles. The van der Waals surface area contributed by atoms with Crippen molar-refractivity contribution in [2.24, 2.45) is 0 Å². The normalized spacial score (nSPS) is 13.9. The van der Waals surface area contributed by atoms with Crippen LogP contribution in [0.1, 0.15) is 46.5 Å². The number of allylic oxidation sites excluding steroid dienone is 9. The van der Waals surface area contributed by atoms with Crippen molar-refractivity contribution in [3.63, 3.8) is 0 Å². The first-order valence-corrected chi connectivity index (χ1v) is 16.6. The van der Waals surface area contributed by atoms with E-state index in [0.717, 1.165) is 57.6 Å². The van der Waals surface area contributed by atoms with Crippen molar-refractivity contribution in [1.82, 2.24) is 0 Å². The van der Waals surface area contributed by atoms with Gasteiger partial charge in [-0.05, 0) is 96.9 Å². The Bertz CT molecular complexity index is 1720. The molecule has 0 aromatic heterocycles. The zero-order valence-corrected chi connectivity index (χ0v) is 28.2. The van der Waals surface area contributed by atoms with Crippen LogP contribution < -0.4 is 4.90 Å². The summed E-state index contributed by atoms with van der Waals surface area (Å²) >= 11 is 0.